The van der Waals surface area contributed by atoms with Gasteiger partial charge in [0.25, 0.3) is 0 Å². The molecule has 82 valence electrons. The number of carbonyl (C=O) groups excluding carboxylic acids is 2. The summed E-state index contributed by atoms with van der Waals surface area (Å²) < 4.78 is 5.14. The van der Waals surface area contributed by atoms with Crippen LogP contribution in [0, 0.1) is 5.92 Å². The average Bonchev–Trinajstić information content (AvgIpc) is 2.09. The Morgan fingerprint density at radius 2 is 1.93 bits per heavy atom. The lowest BCUT2D eigenvalue weighted by Gasteiger charge is -2.07. The second-order valence-electron chi connectivity index (χ2n) is 3.51. The third kappa shape index (κ3) is 7.73. The van der Waals surface area contributed by atoms with Crippen LogP contribution in [0.5, 0.6) is 0 Å². The molecule has 14 heavy (non-hydrogen) atoms. The molecule has 0 aromatic rings. The highest BCUT2D eigenvalue weighted by atomic mass is 16.5. The number of hydrogen-bond acceptors (Lipinski definition) is 3. The van der Waals surface area contributed by atoms with Crippen LogP contribution >= 0.6 is 0 Å². The summed E-state index contributed by atoms with van der Waals surface area (Å²) in [6, 6.07) is 0. The molecule has 4 heteroatoms. The van der Waals surface area contributed by atoms with Gasteiger partial charge in [0.2, 0.25) is 5.91 Å². The molecule has 0 atom stereocenters. The molecule has 0 saturated carbocycles. The number of ether oxygens (including phenoxy) is 1. The van der Waals surface area contributed by atoms with Gasteiger partial charge in [0.05, 0.1) is 13.2 Å². The van der Waals surface area contributed by atoms with E-state index in [-0.39, 0.29) is 17.6 Å². The van der Waals surface area contributed by atoms with Gasteiger partial charge in [0, 0.05) is 18.9 Å². The molecule has 4 nitrogen and oxygen atoms in total. The molecule has 0 aromatic heterocycles. The Balaban J connectivity index is 3.22. The highest BCUT2D eigenvalue weighted by Gasteiger charge is 2.04. The summed E-state index contributed by atoms with van der Waals surface area (Å²) in [6.45, 7) is 6.62. The number of amides is 1. The van der Waals surface area contributed by atoms with Crippen molar-refractivity contribution in [2.24, 2.45) is 5.92 Å². The Hall–Kier alpha value is -0.900. The predicted octanol–water partition coefficient (Wildman–Crippen LogP) is 0.754. The summed E-state index contributed by atoms with van der Waals surface area (Å²) in [7, 11) is 0. The molecule has 0 radical (unpaired) electrons. The van der Waals surface area contributed by atoms with Gasteiger partial charge >= 0.3 is 0 Å². The molecule has 0 spiro atoms. The lowest BCUT2D eigenvalue weighted by atomic mass is 10.2. The number of nitrogens with one attached hydrogen (secondary N) is 1. The van der Waals surface area contributed by atoms with Gasteiger partial charge in [-0.2, -0.15) is 0 Å². The average molecular weight is 201 g/mol. The van der Waals surface area contributed by atoms with E-state index in [0.29, 0.717) is 26.2 Å². The van der Waals surface area contributed by atoms with Crippen LogP contribution in [0.2, 0.25) is 0 Å². The van der Waals surface area contributed by atoms with E-state index in [2.05, 4.69) is 5.32 Å². The molecule has 0 aliphatic heterocycles. The first-order valence-corrected chi connectivity index (χ1v) is 4.89. The maximum Gasteiger partial charge on any atom is 0.222 e. The molecule has 0 bridgehead atoms. The first-order valence-electron chi connectivity index (χ1n) is 4.89. The molecule has 0 aromatic carbocycles. The summed E-state index contributed by atoms with van der Waals surface area (Å²) in [5.74, 6) is 0.156. The van der Waals surface area contributed by atoms with Crippen molar-refractivity contribution < 1.29 is 14.3 Å². The lowest BCUT2D eigenvalue weighted by Crippen LogP contribution is -2.30. The van der Waals surface area contributed by atoms with Crippen LogP contribution in [0.25, 0.3) is 0 Å². The molecule has 0 saturated heterocycles. The summed E-state index contributed by atoms with van der Waals surface area (Å²) in [6.07, 6.45) is 0.443. The monoisotopic (exact) mass is 201 g/mol. The Morgan fingerprint density at radius 1 is 1.29 bits per heavy atom. The number of carbonyl (C=O) groups is 2. The van der Waals surface area contributed by atoms with Crippen LogP contribution < -0.4 is 5.32 Å². The van der Waals surface area contributed by atoms with Crippen molar-refractivity contribution >= 4 is 11.7 Å². The van der Waals surface area contributed by atoms with E-state index in [9.17, 15) is 9.59 Å². The number of rotatable bonds is 7. The molecular formula is C10H19NO3. The quantitative estimate of drug-likeness (QED) is 0.618. The van der Waals surface area contributed by atoms with E-state index in [1.807, 2.05) is 13.8 Å². The molecule has 0 fully saturated rings. The normalized spacial score (nSPS) is 10.3. The summed E-state index contributed by atoms with van der Waals surface area (Å²) in [4.78, 5) is 21.6. The van der Waals surface area contributed by atoms with Gasteiger partial charge in [0.15, 0.2) is 0 Å². The molecule has 0 unspecified atom stereocenters. The molecule has 0 aliphatic carbocycles. The van der Waals surface area contributed by atoms with Crippen molar-refractivity contribution in [3.05, 3.63) is 0 Å². The van der Waals surface area contributed by atoms with E-state index < -0.39 is 0 Å². The number of Topliss-reactive ketones (excluding diaryl/α,β-unsaturated/α-hetero) is 1. The topological polar surface area (TPSA) is 55.4 Å². The third-order valence-corrected chi connectivity index (χ3v) is 1.67. The minimum Gasteiger partial charge on any atom is -0.379 e. The van der Waals surface area contributed by atoms with Crippen LogP contribution in [-0.4, -0.2) is 31.4 Å². The van der Waals surface area contributed by atoms with Gasteiger partial charge in [-0.3, -0.25) is 9.59 Å². The zero-order chi connectivity index (χ0) is 11.0. The van der Waals surface area contributed by atoms with Crippen molar-refractivity contribution in [1.29, 1.82) is 0 Å². The Kier molecular flexibility index (Phi) is 7.02. The predicted molar refractivity (Wildman–Crippen MR) is 54.0 cm³/mol. The largest absolute Gasteiger partial charge is 0.379 e. The van der Waals surface area contributed by atoms with Crippen molar-refractivity contribution in [1.82, 2.24) is 5.32 Å². The van der Waals surface area contributed by atoms with Crippen molar-refractivity contribution in [2.75, 3.05) is 19.8 Å². The highest BCUT2D eigenvalue weighted by molar-refractivity contribution is 5.77. The van der Waals surface area contributed by atoms with Gasteiger partial charge < -0.3 is 10.1 Å². The molecule has 0 rings (SSSR count). The van der Waals surface area contributed by atoms with Crippen molar-refractivity contribution in [3.63, 3.8) is 0 Å². The van der Waals surface area contributed by atoms with E-state index >= 15 is 0 Å². The smallest absolute Gasteiger partial charge is 0.222 e. The van der Waals surface area contributed by atoms with Gasteiger partial charge in [0.1, 0.15) is 5.78 Å². The van der Waals surface area contributed by atoms with Crippen LogP contribution in [0.3, 0.4) is 0 Å². The number of hydrogen-bond donors (Lipinski definition) is 1. The summed E-state index contributed by atoms with van der Waals surface area (Å²) in [5.41, 5.74) is 0. The Morgan fingerprint density at radius 3 is 2.43 bits per heavy atom. The second-order valence-corrected chi connectivity index (χ2v) is 3.51. The Labute approximate surface area is 85.0 Å². The lowest BCUT2D eigenvalue weighted by molar-refractivity contribution is -0.124. The van der Waals surface area contributed by atoms with Gasteiger partial charge in [-0.1, -0.05) is 13.8 Å². The van der Waals surface area contributed by atoms with Crippen LogP contribution in [0.1, 0.15) is 27.2 Å². The fraction of sp³-hybridized carbons (Fsp3) is 0.800. The van der Waals surface area contributed by atoms with Gasteiger partial charge in [-0.25, -0.2) is 0 Å². The summed E-state index contributed by atoms with van der Waals surface area (Å²) in [5, 5.41) is 2.72. The SMILES string of the molecule is CC(=O)CCOCCNC(=O)C(C)C. The number of ketones is 1. The maximum atomic E-state index is 11.1. The fourth-order valence-electron chi connectivity index (χ4n) is 0.768. The standard InChI is InChI=1S/C10H19NO3/c1-8(2)10(13)11-5-7-14-6-4-9(3)12/h8H,4-7H2,1-3H3,(H,11,13). The molecule has 0 aliphatic rings. The first-order chi connectivity index (χ1) is 6.54. The van der Waals surface area contributed by atoms with E-state index in [1.54, 1.807) is 0 Å². The second kappa shape index (κ2) is 7.50. The summed E-state index contributed by atoms with van der Waals surface area (Å²) >= 11 is 0. The van der Waals surface area contributed by atoms with Crippen molar-refractivity contribution in [3.8, 4) is 0 Å². The van der Waals surface area contributed by atoms with E-state index in [4.69, 9.17) is 4.74 Å². The minimum absolute atomic E-state index is 0.00668. The third-order valence-electron chi connectivity index (χ3n) is 1.67. The molecule has 1 N–H and O–H groups in total. The van der Waals surface area contributed by atoms with Crippen molar-refractivity contribution in [2.45, 2.75) is 27.2 Å². The van der Waals surface area contributed by atoms with Gasteiger partial charge in [-0.05, 0) is 6.92 Å². The molecular weight excluding hydrogens is 182 g/mol. The fourth-order valence-corrected chi connectivity index (χ4v) is 0.768. The highest BCUT2D eigenvalue weighted by Crippen LogP contribution is 1.89. The zero-order valence-electron chi connectivity index (χ0n) is 9.13. The molecule has 1 amide bonds. The minimum atomic E-state index is 0.00668. The van der Waals surface area contributed by atoms with Crippen LogP contribution in [-0.2, 0) is 14.3 Å². The first kappa shape index (κ1) is 13.1. The van der Waals surface area contributed by atoms with Gasteiger partial charge in [-0.15, -0.1) is 0 Å². The molecule has 0 heterocycles. The zero-order valence-corrected chi connectivity index (χ0v) is 9.13. The maximum absolute atomic E-state index is 11.1. The Bertz CT molecular complexity index is 190. The van der Waals surface area contributed by atoms with E-state index in [1.165, 1.54) is 6.92 Å². The van der Waals surface area contributed by atoms with Crippen LogP contribution in [0.4, 0.5) is 0 Å². The van der Waals surface area contributed by atoms with Crippen LogP contribution in [0.15, 0.2) is 0 Å². The van der Waals surface area contributed by atoms with E-state index in [0.717, 1.165) is 0 Å².